The Labute approximate surface area is 176 Å². The van der Waals surface area contributed by atoms with Crippen LogP contribution in [0.4, 0.5) is 0 Å². The molecule has 1 fully saturated rings. The molecule has 1 nitrogen and oxygen atoms in total. The van der Waals surface area contributed by atoms with Crippen molar-refractivity contribution in [2.24, 2.45) is 11.8 Å². The Morgan fingerprint density at radius 3 is 2.25 bits per heavy atom. The van der Waals surface area contributed by atoms with Crippen LogP contribution in [0.2, 0.25) is 0 Å². The molecular formula is C27H47N. The third-order valence-electron chi connectivity index (χ3n) is 7.05. The van der Waals surface area contributed by atoms with E-state index in [2.05, 4.69) is 39.1 Å². The van der Waals surface area contributed by atoms with Crippen LogP contribution in [0, 0.1) is 11.8 Å². The molecule has 0 aromatic carbocycles. The maximum atomic E-state index is 4.88. The zero-order chi connectivity index (χ0) is 20.0. The Morgan fingerprint density at radius 2 is 1.57 bits per heavy atom. The lowest BCUT2D eigenvalue weighted by molar-refractivity contribution is 0.299. The molecule has 1 aromatic heterocycles. The highest BCUT2D eigenvalue weighted by molar-refractivity contribution is 5.17. The van der Waals surface area contributed by atoms with Crippen LogP contribution in [-0.2, 0) is 6.42 Å². The van der Waals surface area contributed by atoms with Gasteiger partial charge in [-0.15, -0.1) is 0 Å². The van der Waals surface area contributed by atoms with Crippen molar-refractivity contribution in [2.75, 3.05) is 0 Å². The largest absolute Gasteiger partial charge is 0.261 e. The molecule has 1 aliphatic carbocycles. The second-order valence-corrected chi connectivity index (χ2v) is 9.65. The van der Waals surface area contributed by atoms with Crippen LogP contribution in [0.5, 0.6) is 0 Å². The van der Waals surface area contributed by atoms with Crippen LogP contribution >= 0.6 is 0 Å². The van der Waals surface area contributed by atoms with Gasteiger partial charge in [-0.05, 0) is 62.0 Å². The molecule has 0 unspecified atom stereocenters. The normalized spacial score (nSPS) is 21.0. The number of hydrogen-bond acceptors (Lipinski definition) is 1. The summed E-state index contributed by atoms with van der Waals surface area (Å²) < 4.78 is 0. The standard InChI is InChI=1S/C27H47N/c1-4-6-8-9-11-13-24-16-19-26(20-17-24)27-21-18-25(22-28-27)15-14-23(3)12-10-7-5-2/h18,21-24,26H,4-17,19-20H2,1-3H3/t23-,24?,26?/m0/s1. The van der Waals surface area contributed by atoms with Crippen molar-refractivity contribution in [1.29, 1.82) is 0 Å². The summed E-state index contributed by atoms with van der Waals surface area (Å²) in [5.41, 5.74) is 2.80. The second kappa shape index (κ2) is 14.2. The third-order valence-corrected chi connectivity index (χ3v) is 7.05. The molecule has 0 N–H and O–H groups in total. The van der Waals surface area contributed by atoms with E-state index in [0.29, 0.717) is 0 Å². The topological polar surface area (TPSA) is 12.9 Å². The molecule has 0 bridgehead atoms. The van der Waals surface area contributed by atoms with Gasteiger partial charge >= 0.3 is 0 Å². The number of rotatable bonds is 14. The van der Waals surface area contributed by atoms with Crippen LogP contribution in [0.1, 0.15) is 134 Å². The molecule has 0 amide bonds. The van der Waals surface area contributed by atoms with E-state index in [1.165, 1.54) is 114 Å². The SMILES string of the molecule is CCCCCCCC1CCC(c2ccc(CC[C@@H](C)CCCCC)cn2)CC1. The summed E-state index contributed by atoms with van der Waals surface area (Å²) in [6.45, 7) is 7.01. The van der Waals surface area contributed by atoms with Crippen LogP contribution in [-0.4, -0.2) is 4.98 Å². The number of hydrogen-bond donors (Lipinski definition) is 0. The number of unbranched alkanes of at least 4 members (excludes halogenated alkanes) is 6. The summed E-state index contributed by atoms with van der Waals surface area (Å²) in [5.74, 6) is 2.56. The molecule has 1 atom stereocenters. The number of aromatic nitrogens is 1. The number of pyridine rings is 1. The Kier molecular flexibility index (Phi) is 11.9. The Morgan fingerprint density at radius 1 is 0.857 bits per heavy atom. The van der Waals surface area contributed by atoms with Crippen LogP contribution in [0.25, 0.3) is 0 Å². The summed E-state index contributed by atoms with van der Waals surface area (Å²) in [7, 11) is 0. The zero-order valence-corrected chi connectivity index (χ0v) is 19.2. The quantitative estimate of drug-likeness (QED) is 0.291. The summed E-state index contributed by atoms with van der Waals surface area (Å²) in [6, 6.07) is 4.70. The van der Waals surface area contributed by atoms with E-state index in [9.17, 15) is 0 Å². The second-order valence-electron chi connectivity index (χ2n) is 9.65. The summed E-state index contributed by atoms with van der Waals surface area (Å²) in [5, 5.41) is 0. The third kappa shape index (κ3) is 9.10. The van der Waals surface area contributed by atoms with Crippen molar-refractivity contribution in [3.63, 3.8) is 0 Å². The average Bonchev–Trinajstić information content (AvgIpc) is 2.73. The molecule has 160 valence electrons. The number of nitrogens with zero attached hydrogens (tertiary/aromatic N) is 1. The molecule has 0 saturated heterocycles. The van der Waals surface area contributed by atoms with Crippen LogP contribution < -0.4 is 0 Å². The maximum Gasteiger partial charge on any atom is 0.0434 e. The smallest absolute Gasteiger partial charge is 0.0434 e. The van der Waals surface area contributed by atoms with Crippen LogP contribution in [0.15, 0.2) is 18.3 Å². The Hall–Kier alpha value is -0.850. The Balaban J connectivity index is 1.64. The van der Waals surface area contributed by atoms with Crippen molar-refractivity contribution < 1.29 is 0 Å². The van der Waals surface area contributed by atoms with Gasteiger partial charge in [0.1, 0.15) is 0 Å². The lowest BCUT2D eigenvalue weighted by Gasteiger charge is -2.28. The fraction of sp³-hybridized carbons (Fsp3) is 0.815. The van der Waals surface area contributed by atoms with Crippen molar-refractivity contribution in [1.82, 2.24) is 4.98 Å². The fourth-order valence-electron chi connectivity index (χ4n) is 4.91. The molecule has 1 aromatic rings. The highest BCUT2D eigenvalue weighted by Gasteiger charge is 2.22. The van der Waals surface area contributed by atoms with Crippen molar-refractivity contribution in [3.05, 3.63) is 29.6 Å². The van der Waals surface area contributed by atoms with Gasteiger partial charge in [0, 0.05) is 17.8 Å². The highest BCUT2D eigenvalue weighted by Crippen LogP contribution is 2.37. The summed E-state index contributed by atoms with van der Waals surface area (Å²) in [6.07, 6.45) is 24.4. The van der Waals surface area contributed by atoms with Gasteiger partial charge in [0.15, 0.2) is 0 Å². The van der Waals surface area contributed by atoms with E-state index in [1.807, 2.05) is 0 Å². The molecule has 0 aliphatic heterocycles. The lowest BCUT2D eigenvalue weighted by atomic mass is 9.78. The van der Waals surface area contributed by atoms with Gasteiger partial charge < -0.3 is 0 Å². The van der Waals surface area contributed by atoms with Gasteiger partial charge in [-0.2, -0.15) is 0 Å². The van der Waals surface area contributed by atoms with E-state index in [1.54, 1.807) is 0 Å². The van der Waals surface area contributed by atoms with Gasteiger partial charge in [0.2, 0.25) is 0 Å². The van der Waals surface area contributed by atoms with Gasteiger partial charge in [0.25, 0.3) is 0 Å². The monoisotopic (exact) mass is 385 g/mol. The van der Waals surface area contributed by atoms with Gasteiger partial charge in [-0.3, -0.25) is 4.98 Å². The molecule has 0 spiro atoms. The zero-order valence-electron chi connectivity index (χ0n) is 19.2. The minimum atomic E-state index is 0.721. The first-order valence-corrected chi connectivity index (χ1v) is 12.7. The lowest BCUT2D eigenvalue weighted by Crippen LogP contribution is -2.14. The molecule has 28 heavy (non-hydrogen) atoms. The van der Waals surface area contributed by atoms with Gasteiger partial charge in [0.05, 0.1) is 0 Å². The van der Waals surface area contributed by atoms with Gasteiger partial charge in [-0.25, -0.2) is 0 Å². The molecule has 1 heterocycles. The molecule has 2 rings (SSSR count). The summed E-state index contributed by atoms with van der Waals surface area (Å²) in [4.78, 5) is 4.88. The first-order chi connectivity index (χ1) is 13.7. The van der Waals surface area contributed by atoms with E-state index >= 15 is 0 Å². The predicted molar refractivity (Wildman–Crippen MR) is 124 cm³/mol. The molecule has 1 heteroatoms. The van der Waals surface area contributed by atoms with Crippen molar-refractivity contribution in [3.8, 4) is 0 Å². The molecule has 0 radical (unpaired) electrons. The first-order valence-electron chi connectivity index (χ1n) is 12.7. The minimum absolute atomic E-state index is 0.721. The number of aryl methyl sites for hydroxylation is 1. The maximum absolute atomic E-state index is 4.88. The molecule has 1 saturated carbocycles. The minimum Gasteiger partial charge on any atom is -0.261 e. The molecular weight excluding hydrogens is 338 g/mol. The van der Waals surface area contributed by atoms with E-state index < -0.39 is 0 Å². The van der Waals surface area contributed by atoms with Crippen molar-refractivity contribution in [2.45, 2.75) is 129 Å². The van der Waals surface area contributed by atoms with E-state index in [4.69, 9.17) is 4.98 Å². The average molecular weight is 386 g/mol. The van der Waals surface area contributed by atoms with Gasteiger partial charge in [-0.1, -0.05) is 91.0 Å². The van der Waals surface area contributed by atoms with E-state index in [0.717, 1.165) is 17.8 Å². The summed E-state index contributed by atoms with van der Waals surface area (Å²) >= 11 is 0. The van der Waals surface area contributed by atoms with E-state index in [-0.39, 0.29) is 0 Å². The van der Waals surface area contributed by atoms with Crippen LogP contribution in [0.3, 0.4) is 0 Å². The fourth-order valence-corrected chi connectivity index (χ4v) is 4.91. The predicted octanol–water partition coefficient (Wildman–Crippen LogP) is 8.86. The highest BCUT2D eigenvalue weighted by atomic mass is 14.7. The van der Waals surface area contributed by atoms with Crippen molar-refractivity contribution >= 4 is 0 Å². The first kappa shape index (κ1) is 23.4. The molecule has 1 aliphatic rings. The Bertz CT molecular complexity index is 483.